The quantitative estimate of drug-likeness (QED) is 0.923. The zero-order chi connectivity index (χ0) is 15.8. The number of amides is 1. The first-order valence-electron chi connectivity index (χ1n) is 6.85. The number of carbonyl (C=O) groups is 1. The normalized spacial score (nSPS) is 19.3. The van der Waals surface area contributed by atoms with Crippen LogP contribution in [0.25, 0.3) is 0 Å². The van der Waals surface area contributed by atoms with Crippen LogP contribution in [0.5, 0.6) is 0 Å². The van der Waals surface area contributed by atoms with Gasteiger partial charge in [-0.1, -0.05) is 25.4 Å². The summed E-state index contributed by atoms with van der Waals surface area (Å²) in [5.74, 6) is 0.110. The molecule has 2 N–H and O–H groups in total. The molecule has 2 rings (SSSR count). The molecule has 7 heteroatoms. The van der Waals surface area contributed by atoms with E-state index >= 15 is 0 Å². The molecular weight excluding hydrogens is 312 g/mol. The number of primary sulfonamides is 1. The van der Waals surface area contributed by atoms with Crippen molar-refractivity contribution in [2.24, 2.45) is 11.1 Å². The first-order valence-corrected chi connectivity index (χ1v) is 8.77. The van der Waals surface area contributed by atoms with Gasteiger partial charge in [0.1, 0.15) is 0 Å². The SMILES string of the molecule is CC(C)C1CCCN1C(=O)c1cc(S(N)(=O)=O)ccc1Cl. The number of benzene rings is 1. The smallest absolute Gasteiger partial charge is 0.255 e. The van der Waals surface area contributed by atoms with E-state index in [0.29, 0.717) is 12.5 Å². The van der Waals surface area contributed by atoms with Crippen molar-refractivity contribution in [3.8, 4) is 0 Å². The van der Waals surface area contributed by atoms with Crippen LogP contribution >= 0.6 is 11.6 Å². The third kappa shape index (κ3) is 3.39. The number of nitrogens with zero attached hydrogens (tertiary/aromatic N) is 1. The van der Waals surface area contributed by atoms with Crippen LogP contribution < -0.4 is 5.14 Å². The fourth-order valence-electron chi connectivity index (χ4n) is 2.74. The van der Waals surface area contributed by atoms with Gasteiger partial charge in [0.05, 0.1) is 15.5 Å². The Labute approximate surface area is 130 Å². The Kier molecular flexibility index (Phi) is 4.60. The summed E-state index contributed by atoms with van der Waals surface area (Å²) in [6, 6.07) is 4.12. The molecule has 1 aromatic rings. The molecule has 0 aromatic heterocycles. The first kappa shape index (κ1) is 16.3. The van der Waals surface area contributed by atoms with Crippen LogP contribution in [-0.4, -0.2) is 31.8 Å². The van der Waals surface area contributed by atoms with Gasteiger partial charge in [-0.3, -0.25) is 4.79 Å². The van der Waals surface area contributed by atoms with E-state index < -0.39 is 10.0 Å². The third-order valence-electron chi connectivity index (χ3n) is 3.83. The summed E-state index contributed by atoms with van der Waals surface area (Å²) in [5.41, 5.74) is 0.191. The molecule has 1 aromatic carbocycles. The molecule has 0 bridgehead atoms. The molecule has 21 heavy (non-hydrogen) atoms. The van der Waals surface area contributed by atoms with Crippen LogP contribution in [0.3, 0.4) is 0 Å². The summed E-state index contributed by atoms with van der Waals surface area (Å²) in [6.07, 6.45) is 1.90. The van der Waals surface area contributed by atoms with Crippen LogP contribution in [0.2, 0.25) is 5.02 Å². The van der Waals surface area contributed by atoms with Crippen molar-refractivity contribution in [1.29, 1.82) is 0 Å². The van der Waals surface area contributed by atoms with Crippen LogP contribution in [0.15, 0.2) is 23.1 Å². The van der Waals surface area contributed by atoms with E-state index in [9.17, 15) is 13.2 Å². The minimum absolute atomic E-state index is 0.101. The Morgan fingerprint density at radius 1 is 1.43 bits per heavy atom. The summed E-state index contributed by atoms with van der Waals surface area (Å²) in [6.45, 7) is 4.80. The van der Waals surface area contributed by atoms with Crippen molar-refractivity contribution in [3.05, 3.63) is 28.8 Å². The minimum atomic E-state index is -3.86. The predicted octanol–water partition coefficient (Wildman–Crippen LogP) is 2.25. The Hall–Kier alpha value is -1.11. The van der Waals surface area contributed by atoms with Gasteiger partial charge in [0.25, 0.3) is 5.91 Å². The second kappa shape index (κ2) is 5.94. The van der Waals surface area contributed by atoms with Gasteiger partial charge >= 0.3 is 0 Å². The van der Waals surface area contributed by atoms with Crippen molar-refractivity contribution in [1.82, 2.24) is 4.90 Å². The molecule has 1 aliphatic rings. The van der Waals surface area contributed by atoms with Gasteiger partial charge in [0.2, 0.25) is 10.0 Å². The number of sulfonamides is 1. The highest BCUT2D eigenvalue weighted by molar-refractivity contribution is 7.89. The van der Waals surface area contributed by atoms with E-state index in [-0.39, 0.29) is 27.4 Å². The van der Waals surface area contributed by atoms with Gasteiger partial charge < -0.3 is 4.90 Å². The van der Waals surface area contributed by atoms with Gasteiger partial charge in [-0.15, -0.1) is 0 Å². The van der Waals surface area contributed by atoms with Crippen molar-refractivity contribution >= 4 is 27.5 Å². The molecule has 1 aliphatic heterocycles. The number of rotatable bonds is 3. The molecule has 0 radical (unpaired) electrons. The molecule has 1 fully saturated rings. The first-order chi connectivity index (χ1) is 9.71. The van der Waals surface area contributed by atoms with E-state index in [1.165, 1.54) is 18.2 Å². The zero-order valence-corrected chi connectivity index (χ0v) is 13.6. The van der Waals surface area contributed by atoms with E-state index in [4.69, 9.17) is 16.7 Å². The number of halogens is 1. The zero-order valence-electron chi connectivity index (χ0n) is 12.0. The Balaban J connectivity index is 2.39. The molecule has 1 heterocycles. The molecular formula is C14H19ClN2O3S. The van der Waals surface area contributed by atoms with E-state index in [0.717, 1.165) is 12.8 Å². The van der Waals surface area contributed by atoms with E-state index in [2.05, 4.69) is 13.8 Å². The molecule has 0 saturated carbocycles. The maximum Gasteiger partial charge on any atom is 0.255 e. The Morgan fingerprint density at radius 3 is 2.67 bits per heavy atom. The molecule has 1 amide bonds. The molecule has 1 saturated heterocycles. The highest BCUT2D eigenvalue weighted by atomic mass is 35.5. The number of likely N-dealkylation sites (tertiary alicyclic amines) is 1. The average Bonchev–Trinajstić information content (AvgIpc) is 2.86. The van der Waals surface area contributed by atoms with Crippen molar-refractivity contribution in [2.45, 2.75) is 37.6 Å². The van der Waals surface area contributed by atoms with Gasteiger partial charge in [0, 0.05) is 12.6 Å². The van der Waals surface area contributed by atoms with Crippen molar-refractivity contribution in [3.63, 3.8) is 0 Å². The van der Waals surface area contributed by atoms with Gasteiger partial charge in [0.15, 0.2) is 0 Å². The number of hydrogen-bond acceptors (Lipinski definition) is 3. The molecule has 0 spiro atoms. The third-order valence-corrected chi connectivity index (χ3v) is 5.07. The monoisotopic (exact) mass is 330 g/mol. The lowest BCUT2D eigenvalue weighted by molar-refractivity contribution is 0.0701. The summed E-state index contributed by atoms with van der Waals surface area (Å²) < 4.78 is 22.8. The van der Waals surface area contributed by atoms with Crippen LogP contribution in [-0.2, 0) is 10.0 Å². The maximum absolute atomic E-state index is 12.7. The minimum Gasteiger partial charge on any atom is -0.335 e. The molecule has 1 atom stereocenters. The second-order valence-corrected chi connectivity index (χ2v) is 7.61. The summed E-state index contributed by atoms with van der Waals surface area (Å²) >= 11 is 6.06. The molecule has 116 valence electrons. The van der Waals surface area contributed by atoms with Crippen LogP contribution in [0.1, 0.15) is 37.0 Å². The topological polar surface area (TPSA) is 80.5 Å². The van der Waals surface area contributed by atoms with Crippen molar-refractivity contribution in [2.75, 3.05) is 6.54 Å². The lowest BCUT2D eigenvalue weighted by Crippen LogP contribution is -2.38. The summed E-state index contributed by atoms with van der Waals surface area (Å²) in [4.78, 5) is 14.3. The Morgan fingerprint density at radius 2 is 2.10 bits per heavy atom. The van der Waals surface area contributed by atoms with Crippen molar-refractivity contribution < 1.29 is 13.2 Å². The molecule has 1 unspecified atom stereocenters. The fourth-order valence-corrected chi connectivity index (χ4v) is 3.48. The lowest BCUT2D eigenvalue weighted by Gasteiger charge is -2.28. The summed E-state index contributed by atoms with van der Waals surface area (Å²) in [7, 11) is -3.86. The standard InChI is InChI=1S/C14H19ClN2O3S/c1-9(2)13-4-3-7-17(13)14(18)11-8-10(21(16,19)20)5-6-12(11)15/h5-6,8-9,13H,3-4,7H2,1-2H3,(H2,16,19,20). The fraction of sp³-hybridized carbons (Fsp3) is 0.500. The van der Waals surface area contributed by atoms with Gasteiger partial charge in [-0.2, -0.15) is 0 Å². The number of nitrogens with two attached hydrogens (primary N) is 1. The highest BCUT2D eigenvalue weighted by Gasteiger charge is 2.32. The molecule has 0 aliphatic carbocycles. The largest absolute Gasteiger partial charge is 0.335 e. The highest BCUT2D eigenvalue weighted by Crippen LogP contribution is 2.28. The summed E-state index contributed by atoms with van der Waals surface area (Å²) in [5, 5.41) is 5.35. The van der Waals surface area contributed by atoms with E-state index in [1.807, 2.05) is 0 Å². The van der Waals surface area contributed by atoms with Crippen LogP contribution in [0.4, 0.5) is 0 Å². The van der Waals surface area contributed by atoms with E-state index in [1.54, 1.807) is 4.90 Å². The second-order valence-electron chi connectivity index (χ2n) is 5.64. The van der Waals surface area contributed by atoms with Crippen LogP contribution in [0, 0.1) is 5.92 Å². The average molecular weight is 331 g/mol. The molecule has 5 nitrogen and oxygen atoms in total. The predicted molar refractivity (Wildman–Crippen MR) is 81.7 cm³/mol. The maximum atomic E-state index is 12.7. The number of carbonyl (C=O) groups excluding carboxylic acids is 1. The Bertz CT molecular complexity index is 658. The van der Waals surface area contributed by atoms with Gasteiger partial charge in [-0.05, 0) is 37.0 Å². The van der Waals surface area contributed by atoms with Gasteiger partial charge in [-0.25, -0.2) is 13.6 Å². The lowest BCUT2D eigenvalue weighted by atomic mass is 10.0. The number of hydrogen-bond donors (Lipinski definition) is 1.